The fourth-order valence-electron chi connectivity index (χ4n) is 2.24. The van der Waals surface area contributed by atoms with Gasteiger partial charge in [-0.05, 0) is 11.5 Å². The monoisotopic (exact) mass is 301 g/mol. The van der Waals surface area contributed by atoms with E-state index in [2.05, 4.69) is 10.2 Å². The van der Waals surface area contributed by atoms with Gasteiger partial charge in [0.15, 0.2) is 11.6 Å². The lowest BCUT2D eigenvalue weighted by Crippen LogP contribution is -2.31. The summed E-state index contributed by atoms with van der Waals surface area (Å²) in [5, 5.41) is 18.2. The second-order valence-electron chi connectivity index (χ2n) is 5.90. The predicted molar refractivity (Wildman–Crippen MR) is 78.7 cm³/mol. The molecule has 2 rings (SSSR count). The van der Waals surface area contributed by atoms with Crippen LogP contribution >= 0.6 is 0 Å². The zero-order chi connectivity index (χ0) is 16.3. The summed E-state index contributed by atoms with van der Waals surface area (Å²) in [6, 6.07) is 5.63. The molecule has 0 atom stereocenters. The van der Waals surface area contributed by atoms with Gasteiger partial charge in [0, 0.05) is 25.0 Å². The Morgan fingerprint density at radius 1 is 1.23 bits per heavy atom. The normalized spacial score (nSPS) is 17.8. The van der Waals surface area contributed by atoms with Gasteiger partial charge in [-0.1, -0.05) is 19.9 Å². The Labute approximate surface area is 126 Å². The number of ketones is 2. The molecule has 1 saturated carbocycles. The molecule has 1 fully saturated rings. The predicted octanol–water partition coefficient (Wildman–Crippen LogP) is 3.52. The summed E-state index contributed by atoms with van der Waals surface area (Å²) in [7, 11) is 0. The molecule has 22 heavy (non-hydrogen) atoms. The van der Waals surface area contributed by atoms with E-state index >= 15 is 0 Å². The van der Waals surface area contributed by atoms with Gasteiger partial charge in [0.1, 0.15) is 0 Å². The molecule has 0 unspecified atom stereocenters. The lowest BCUT2D eigenvalue weighted by Gasteiger charge is -2.27. The van der Waals surface area contributed by atoms with Crippen molar-refractivity contribution in [2.45, 2.75) is 26.7 Å². The third-order valence-electron chi connectivity index (χ3n) is 3.28. The number of rotatable bonds is 3. The van der Waals surface area contributed by atoms with Gasteiger partial charge < -0.3 is 0 Å². The first-order chi connectivity index (χ1) is 10.3. The van der Waals surface area contributed by atoms with Crippen molar-refractivity contribution in [1.29, 1.82) is 0 Å². The van der Waals surface area contributed by atoms with E-state index < -0.39 is 4.92 Å². The van der Waals surface area contributed by atoms with E-state index in [1.54, 1.807) is 6.07 Å². The highest BCUT2D eigenvalue weighted by Gasteiger charge is 2.35. The van der Waals surface area contributed by atoms with Crippen molar-refractivity contribution in [2.75, 3.05) is 0 Å². The van der Waals surface area contributed by atoms with Crippen LogP contribution in [0.25, 0.3) is 0 Å². The molecule has 1 aliphatic rings. The number of benzene rings is 1. The fourth-order valence-corrected chi connectivity index (χ4v) is 2.24. The van der Waals surface area contributed by atoms with Crippen LogP contribution in [-0.2, 0) is 9.59 Å². The Hall–Kier alpha value is -2.70. The molecule has 114 valence electrons. The number of hydrogen-bond donors (Lipinski definition) is 0. The summed E-state index contributed by atoms with van der Waals surface area (Å²) in [4.78, 5) is 34.0. The minimum atomic E-state index is -0.534. The molecule has 1 aromatic rings. The van der Waals surface area contributed by atoms with Gasteiger partial charge in [0.2, 0.25) is 0 Å². The van der Waals surface area contributed by atoms with Crippen molar-refractivity contribution < 1.29 is 14.5 Å². The van der Waals surface area contributed by atoms with Gasteiger partial charge in [-0.2, -0.15) is 10.2 Å². The Kier molecular flexibility index (Phi) is 4.25. The lowest BCUT2D eigenvalue weighted by atomic mass is 9.74. The topological polar surface area (TPSA) is 102 Å². The summed E-state index contributed by atoms with van der Waals surface area (Å²) in [6.45, 7) is 3.73. The molecule has 0 N–H and O–H groups in total. The van der Waals surface area contributed by atoms with Crippen LogP contribution in [0.2, 0.25) is 0 Å². The summed E-state index contributed by atoms with van der Waals surface area (Å²) in [6.07, 6.45) is 1.71. The second-order valence-corrected chi connectivity index (χ2v) is 5.90. The van der Waals surface area contributed by atoms with E-state index in [4.69, 9.17) is 0 Å². The molecule has 0 saturated heterocycles. The maximum Gasteiger partial charge on any atom is 0.271 e. The first-order valence-electron chi connectivity index (χ1n) is 6.70. The van der Waals surface area contributed by atoms with E-state index in [0.29, 0.717) is 0 Å². The highest BCUT2D eigenvalue weighted by atomic mass is 16.6. The molecule has 0 amide bonds. The molecule has 0 aromatic heterocycles. The second kappa shape index (κ2) is 5.97. The Balaban J connectivity index is 2.17. The Morgan fingerprint density at radius 2 is 1.86 bits per heavy atom. The number of non-ortho nitro benzene ring substituents is 1. The molecule has 1 aromatic carbocycles. The number of allylic oxidation sites excluding steroid dienone is 1. The third kappa shape index (κ3) is 3.69. The van der Waals surface area contributed by atoms with Gasteiger partial charge in [0.05, 0.1) is 22.4 Å². The van der Waals surface area contributed by atoms with Crippen molar-refractivity contribution in [1.82, 2.24) is 0 Å². The van der Waals surface area contributed by atoms with Crippen LogP contribution in [-0.4, -0.2) is 16.5 Å². The minimum Gasteiger partial charge on any atom is -0.294 e. The van der Waals surface area contributed by atoms with E-state index in [9.17, 15) is 19.7 Å². The first-order valence-corrected chi connectivity index (χ1v) is 6.70. The number of Topliss-reactive ketones (excluding diaryl/α,β-unsaturated/α-hetero) is 2. The van der Waals surface area contributed by atoms with Crippen molar-refractivity contribution in [3.05, 3.63) is 46.2 Å². The average molecular weight is 301 g/mol. The number of carbonyl (C=O) groups is 2. The standard InChI is InChI=1S/C15H15N3O4/c1-15(2)7-13(19)12(14(20)8-15)9-16-17-10-4-3-5-11(6-10)18(21)22/h3-6,9H,7-8H2,1-2H3. The molecular weight excluding hydrogens is 286 g/mol. The highest BCUT2D eigenvalue weighted by Crippen LogP contribution is 2.33. The SMILES string of the molecule is CC1(C)CC(=O)C(=CN=Nc2cccc([N+](=O)[O-])c2)C(=O)C1. The minimum absolute atomic E-state index is 0.0357. The summed E-state index contributed by atoms with van der Waals surface area (Å²) >= 11 is 0. The maximum atomic E-state index is 11.9. The quantitative estimate of drug-likeness (QED) is 0.280. The van der Waals surface area contributed by atoms with Crippen molar-refractivity contribution in [3.63, 3.8) is 0 Å². The van der Waals surface area contributed by atoms with Crippen LogP contribution in [0.3, 0.4) is 0 Å². The number of carbonyl (C=O) groups excluding carboxylic acids is 2. The fraction of sp³-hybridized carbons (Fsp3) is 0.333. The van der Waals surface area contributed by atoms with Crippen LogP contribution in [0, 0.1) is 15.5 Å². The molecular formula is C15H15N3O4. The van der Waals surface area contributed by atoms with Crippen molar-refractivity contribution in [3.8, 4) is 0 Å². The number of hydrogen-bond acceptors (Lipinski definition) is 6. The smallest absolute Gasteiger partial charge is 0.271 e. The third-order valence-corrected chi connectivity index (χ3v) is 3.28. The van der Waals surface area contributed by atoms with Gasteiger partial charge in [0.25, 0.3) is 5.69 Å². The molecule has 7 heteroatoms. The summed E-state index contributed by atoms with van der Waals surface area (Å²) < 4.78 is 0. The van der Waals surface area contributed by atoms with Crippen molar-refractivity contribution >= 4 is 22.9 Å². The van der Waals surface area contributed by atoms with Gasteiger partial charge >= 0.3 is 0 Å². The molecule has 7 nitrogen and oxygen atoms in total. The zero-order valence-electron chi connectivity index (χ0n) is 12.3. The first kappa shape index (κ1) is 15.7. The zero-order valence-corrected chi connectivity index (χ0v) is 12.3. The van der Waals surface area contributed by atoms with E-state index in [1.807, 2.05) is 13.8 Å². The molecule has 0 radical (unpaired) electrons. The molecule has 0 spiro atoms. The van der Waals surface area contributed by atoms with E-state index in [1.165, 1.54) is 18.2 Å². The molecule has 0 heterocycles. The van der Waals surface area contributed by atoms with Crippen LogP contribution in [0.15, 0.2) is 46.3 Å². The van der Waals surface area contributed by atoms with Crippen LogP contribution < -0.4 is 0 Å². The van der Waals surface area contributed by atoms with Gasteiger partial charge in [-0.25, -0.2) is 0 Å². The van der Waals surface area contributed by atoms with Crippen LogP contribution in [0.1, 0.15) is 26.7 Å². The highest BCUT2D eigenvalue weighted by molar-refractivity contribution is 6.22. The largest absolute Gasteiger partial charge is 0.294 e. The molecule has 0 aliphatic heterocycles. The number of nitro benzene ring substituents is 1. The number of nitro groups is 1. The summed E-state index contributed by atoms with van der Waals surface area (Å²) in [5.74, 6) is -0.501. The van der Waals surface area contributed by atoms with Crippen LogP contribution in [0.5, 0.6) is 0 Å². The average Bonchev–Trinajstić information content (AvgIpc) is 2.41. The van der Waals surface area contributed by atoms with Crippen molar-refractivity contribution in [2.24, 2.45) is 15.6 Å². The van der Waals surface area contributed by atoms with E-state index in [0.717, 1.165) is 6.20 Å². The lowest BCUT2D eigenvalue weighted by molar-refractivity contribution is -0.384. The maximum absolute atomic E-state index is 11.9. The van der Waals surface area contributed by atoms with Gasteiger partial charge in [-0.3, -0.25) is 19.7 Å². The number of nitrogens with zero attached hydrogens (tertiary/aromatic N) is 3. The van der Waals surface area contributed by atoms with E-state index in [-0.39, 0.29) is 46.8 Å². The van der Waals surface area contributed by atoms with Gasteiger partial charge in [-0.15, -0.1) is 0 Å². The summed E-state index contributed by atoms with van der Waals surface area (Å²) in [5.41, 5.74) is -0.117. The molecule has 1 aliphatic carbocycles. The number of azo groups is 1. The van der Waals surface area contributed by atoms with Crippen LogP contribution in [0.4, 0.5) is 11.4 Å². The Bertz CT molecular complexity index is 682. The molecule has 0 bridgehead atoms. The Morgan fingerprint density at radius 3 is 2.45 bits per heavy atom.